The van der Waals surface area contributed by atoms with Gasteiger partial charge < -0.3 is 9.55 Å². The zero-order valence-corrected chi connectivity index (χ0v) is 14.8. The predicted octanol–water partition coefficient (Wildman–Crippen LogP) is 3.84. The Morgan fingerprint density at radius 3 is 2.76 bits per heavy atom. The maximum absolute atomic E-state index is 13.0. The first-order valence-corrected chi connectivity index (χ1v) is 8.97. The van der Waals surface area contributed by atoms with Crippen LogP contribution in [0.5, 0.6) is 0 Å². The fourth-order valence-corrected chi connectivity index (χ4v) is 3.64. The molecule has 3 rings (SSSR count). The molecular weight excluding hydrogens is 373 g/mol. The van der Waals surface area contributed by atoms with Crippen molar-refractivity contribution in [2.75, 3.05) is 5.75 Å². The van der Waals surface area contributed by atoms with Crippen LogP contribution >= 0.6 is 12.2 Å². The lowest BCUT2D eigenvalue weighted by molar-refractivity contribution is -0.138. The second-order valence-electron chi connectivity index (χ2n) is 5.22. The molecule has 25 heavy (non-hydrogen) atoms. The van der Waals surface area contributed by atoms with Crippen molar-refractivity contribution in [1.29, 1.82) is 0 Å². The van der Waals surface area contributed by atoms with E-state index in [0.717, 1.165) is 6.07 Å². The first-order valence-electron chi connectivity index (χ1n) is 7.24. The zero-order chi connectivity index (χ0) is 18.4. The van der Waals surface area contributed by atoms with E-state index in [1.807, 2.05) is 0 Å². The van der Waals surface area contributed by atoms with Crippen molar-refractivity contribution in [3.05, 3.63) is 34.6 Å². The smallest absolute Gasteiger partial charge is 0.330 e. The van der Waals surface area contributed by atoms with E-state index in [1.165, 1.54) is 6.20 Å². The van der Waals surface area contributed by atoms with Crippen LogP contribution in [0.3, 0.4) is 0 Å². The van der Waals surface area contributed by atoms with E-state index in [-0.39, 0.29) is 5.52 Å². The summed E-state index contributed by atoms with van der Waals surface area (Å²) < 4.78 is 52.5. The first kappa shape index (κ1) is 17.7. The number of rotatable bonds is 3. The zero-order valence-electron chi connectivity index (χ0n) is 13.2. The summed E-state index contributed by atoms with van der Waals surface area (Å²) in [4.78, 5) is 11.6. The van der Waals surface area contributed by atoms with Gasteiger partial charge in [-0.1, -0.05) is 19.1 Å². The Morgan fingerprint density at radius 2 is 2.12 bits per heavy atom. The predicted molar refractivity (Wildman–Crippen MR) is 91.1 cm³/mol. The molecule has 1 unspecified atom stereocenters. The second-order valence-corrected chi connectivity index (χ2v) is 7.34. The topological polar surface area (TPSA) is 63.6 Å². The van der Waals surface area contributed by atoms with Crippen LogP contribution in [0.15, 0.2) is 29.3 Å². The van der Waals surface area contributed by atoms with Crippen molar-refractivity contribution >= 4 is 34.2 Å². The number of H-pyrrole nitrogens is 1. The number of aromatic amines is 1. The molecule has 3 aromatic rings. The van der Waals surface area contributed by atoms with E-state index in [4.69, 9.17) is 12.2 Å². The molecule has 0 saturated heterocycles. The lowest BCUT2D eigenvalue weighted by atomic mass is 10.2. The Morgan fingerprint density at radius 1 is 1.40 bits per heavy atom. The lowest BCUT2D eigenvalue weighted by Gasteiger charge is -2.07. The van der Waals surface area contributed by atoms with Crippen molar-refractivity contribution in [1.82, 2.24) is 19.5 Å². The summed E-state index contributed by atoms with van der Waals surface area (Å²) in [6.45, 7) is 1.77. The Balaban J connectivity index is 2.28. The number of pyridine rings is 2. The molecule has 3 aromatic heterocycles. The van der Waals surface area contributed by atoms with E-state index in [9.17, 15) is 17.4 Å². The molecule has 0 radical (unpaired) electrons. The largest absolute Gasteiger partial charge is 0.419 e. The van der Waals surface area contributed by atoms with E-state index in [0.29, 0.717) is 27.8 Å². The van der Waals surface area contributed by atoms with Gasteiger partial charge in [0.2, 0.25) is 0 Å². The minimum atomic E-state index is -4.57. The van der Waals surface area contributed by atoms with Crippen molar-refractivity contribution in [3.63, 3.8) is 0 Å². The molecule has 10 heteroatoms. The fourth-order valence-electron chi connectivity index (χ4n) is 2.47. The standard InChI is InChI=1S/C15H13F3N4OS2/c1-3-25(23)10-5-4-6-19-11(10)13-20-9-7-8(15(16,17)18)14(24)21-12(9)22(13)2/h4-7H,3H2,1-2H3,(H,21,24). The van der Waals surface area contributed by atoms with Crippen molar-refractivity contribution < 1.29 is 17.4 Å². The van der Waals surface area contributed by atoms with Crippen LogP contribution in [-0.2, 0) is 24.0 Å². The maximum atomic E-state index is 13.0. The molecule has 0 aliphatic heterocycles. The number of halogens is 3. The third kappa shape index (κ3) is 3.11. The summed E-state index contributed by atoms with van der Waals surface area (Å²) in [6, 6.07) is 4.24. The van der Waals surface area contributed by atoms with E-state index >= 15 is 0 Å². The highest BCUT2D eigenvalue weighted by Gasteiger charge is 2.33. The molecule has 0 bridgehead atoms. The Hall–Kier alpha value is -2.07. The second kappa shape index (κ2) is 6.34. The molecular formula is C15H13F3N4OS2. The van der Waals surface area contributed by atoms with Gasteiger partial charge in [0.1, 0.15) is 21.5 Å². The van der Waals surface area contributed by atoms with Gasteiger partial charge in [-0.25, -0.2) is 4.98 Å². The highest BCUT2D eigenvalue weighted by Crippen LogP contribution is 2.33. The van der Waals surface area contributed by atoms with Crippen LogP contribution in [-0.4, -0.2) is 29.5 Å². The van der Waals surface area contributed by atoms with Crippen molar-refractivity contribution in [2.45, 2.75) is 18.0 Å². The summed E-state index contributed by atoms with van der Waals surface area (Å²) in [5, 5.41) is 0. The van der Waals surface area contributed by atoms with E-state index in [1.54, 1.807) is 30.7 Å². The van der Waals surface area contributed by atoms with Crippen molar-refractivity contribution in [2.24, 2.45) is 7.05 Å². The molecule has 3 heterocycles. The number of aromatic nitrogens is 4. The molecule has 132 valence electrons. The Bertz CT molecular complexity index is 1040. The molecule has 0 spiro atoms. The van der Waals surface area contributed by atoms with Gasteiger partial charge in [0.05, 0.1) is 21.3 Å². The number of nitrogens with one attached hydrogen (secondary N) is 1. The summed E-state index contributed by atoms with van der Waals surface area (Å²) in [5.41, 5.74) is -0.128. The Kier molecular flexibility index (Phi) is 4.50. The highest BCUT2D eigenvalue weighted by molar-refractivity contribution is 7.85. The molecule has 0 fully saturated rings. The van der Waals surface area contributed by atoms with E-state index in [2.05, 4.69) is 15.0 Å². The molecule has 0 saturated carbocycles. The average Bonchev–Trinajstić information content (AvgIpc) is 2.89. The number of alkyl halides is 3. The third-order valence-corrected chi connectivity index (χ3v) is 5.34. The third-order valence-electron chi connectivity index (χ3n) is 3.68. The van der Waals surface area contributed by atoms with Gasteiger partial charge in [0, 0.05) is 19.0 Å². The van der Waals surface area contributed by atoms with Gasteiger partial charge in [-0.05, 0) is 18.2 Å². The first-order chi connectivity index (χ1) is 11.7. The number of hydrogen-bond acceptors (Lipinski definition) is 4. The van der Waals surface area contributed by atoms with Gasteiger partial charge >= 0.3 is 6.18 Å². The van der Waals surface area contributed by atoms with Gasteiger partial charge in [-0.15, -0.1) is 0 Å². The number of imidazole rings is 1. The fraction of sp³-hybridized carbons (Fsp3) is 0.267. The Labute approximate surface area is 148 Å². The van der Waals surface area contributed by atoms with Crippen LogP contribution in [0, 0.1) is 4.64 Å². The normalized spacial score (nSPS) is 13.3. The minimum Gasteiger partial charge on any atom is -0.330 e. The van der Waals surface area contributed by atoms with Gasteiger partial charge in [0.25, 0.3) is 0 Å². The highest BCUT2D eigenvalue weighted by atomic mass is 32.2. The number of aryl methyl sites for hydroxylation is 1. The van der Waals surface area contributed by atoms with Crippen LogP contribution in [0.25, 0.3) is 22.7 Å². The summed E-state index contributed by atoms with van der Waals surface area (Å²) in [6.07, 6.45) is -3.05. The molecule has 1 N–H and O–H groups in total. The average molecular weight is 386 g/mol. The molecule has 0 aliphatic carbocycles. The molecule has 0 amide bonds. The minimum absolute atomic E-state index is 0.109. The molecule has 5 nitrogen and oxygen atoms in total. The van der Waals surface area contributed by atoms with Crippen LogP contribution in [0.4, 0.5) is 13.2 Å². The van der Waals surface area contributed by atoms with Crippen LogP contribution < -0.4 is 0 Å². The lowest BCUT2D eigenvalue weighted by Crippen LogP contribution is -2.07. The maximum Gasteiger partial charge on any atom is 0.419 e. The van der Waals surface area contributed by atoms with Gasteiger partial charge in [0.15, 0.2) is 5.82 Å². The number of fused-ring (bicyclic) bond motifs is 1. The summed E-state index contributed by atoms with van der Waals surface area (Å²) in [7, 11) is 0.354. The van der Waals surface area contributed by atoms with Crippen LogP contribution in [0.2, 0.25) is 0 Å². The molecule has 0 aromatic carbocycles. The van der Waals surface area contributed by atoms with Gasteiger partial charge in [-0.2, -0.15) is 13.2 Å². The quantitative estimate of drug-likeness (QED) is 0.695. The van der Waals surface area contributed by atoms with Crippen LogP contribution in [0.1, 0.15) is 12.5 Å². The SMILES string of the molecule is CCS(=O)c1cccnc1-c1nc2cc(C(F)(F)F)c(=S)[nH]c2n1C. The number of nitrogens with zero attached hydrogens (tertiary/aromatic N) is 3. The van der Waals surface area contributed by atoms with Crippen molar-refractivity contribution in [3.8, 4) is 11.5 Å². The summed E-state index contributed by atoms with van der Waals surface area (Å²) >= 11 is 4.82. The monoisotopic (exact) mass is 386 g/mol. The molecule has 0 aliphatic rings. The molecule has 1 atom stereocenters. The van der Waals surface area contributed by atoms with E-state index < -0.39 is 27.2 Å². The van der Waals surface area contributed by atoms with Gasteiger partial charge in [-0.3, -0.25) is 9.19 Å². The summed E-state index contributed by atoms with van der Waals surface area (Å²) in [5.74, 6) is 0.709. The number of hydrogen-bond donors (Lipinski definition) is 1.